The lowest BCUT2D eigenvalue weighted by Crippen LogP contribution is -2.42. The predicted octanol–water partition coefficient (Wildman–Crippen LogP) is 2.30. The number of fused-ring (bicyclic) bond motifs is 1. The number of amides is 2. The SMILES string of the molecule is O=C(NNC(=O)c1n[nH]c(=O)c2ccccc12)c1ccc(Cl)cc1Cl. The van der Waals surface area contributed by atoms with E-state index in [1.807, 2.05) is 0 Å². The summed E-state index contributed by atoms with van der Waals surface area (Å²) in [6.07, 6.45) is 0. The Bertz CT molecular complexity index is 1050. The summed E-state index contributed by atoms with van der Waals surface area (Å²) in [6.45, 7) is 0. The Morgan fingerprint density at radius 1 is 0.960 bits per heavy atom. The molecule has 9 heteroatoms. The third-order valence-electron chi connectivity index (χ3n) is 3.38. The fourth-order valence-electron chi connectivity index (χ4n) is 2.20. The summed E-state index contributed by atoms with van der Waals surface area (Å²) in [7, 11) is 0. The van der Waals surface area contributed by atoms with Gasteiger partial charge in [-0.05, 0) is 24.3 Å². The highest BCUT2D eigenvalue weighted by Gasteiger charge is 2.16. The second-order valence-corrected chi connectivity index (χ2v) is 5.82. The van der Waals surface area contributed by atoms with Crippen molar-refractivity contribution in [2.24, 2.45) is 0 Å². The molecule has 0 bridgehead atoms. The molecule has 0 aliphatic rings. The first-order valence-electron chi connectivity index (χ1n) is 7.00. The van der Waals surface area contributed by atoms with Crippen molar-refractivity contribution in [2.75, 3.05) is 0 Å². The molecule has 1 heterocycles. The third-order valence-corrected chi connectivity index (χ3v) is 3.92. The lowest BCUT2D eigenvalue weighted by atomic mass is 10.1. The predicted molar refractivity (Wildman–Crippen MR) is 93.8 cm³/mol. The first kappa shape index (κ1) is 16.9. The lowest BCUT2D eigenvalue weighted by Gasteiger charge is -2.09. The Kier molecular flexibility index (Phi) is 4.69. The van der Waals surface area contributed by atoms with Crippen LogP contribution in [-0.2, 0) is 0 Å². The Balaban J connectivity index is 1.80. The number of aromatic amines is 1. The van der Waals surface area contributed by atoms with Crippen LogP contribution in [0.15, 0.2) is 47.3 Å². The van der Waals surface area contributed by atoms with Crippen LogP contribution >= 0.6 is 23.2 Å². The molecule has 0 spiro atoms. The number of hydrogen-bond acceptors (Lipinski definition) is 4. The lowest BCUT2D eigenvalue weighted by molar-refractivity contribution is 0.0844. The minimum absolute atomic E-state index is 0.0299. The van der Waals surface area contributed by atoms with Crippen LogP contribution in [0.5, 0.6) is 0 Å². The zero-order valence-corrected chi connectivity index (χ0v) is 14.0. The summed E-state index contributed by atoms with van der Waals surface area (Å²) in [5, 5.41) is 7.19. The van der Waals surface area contributed by atoms with Gasteiger partial charge >= 0.3 is 0 Å². The van der Waals surface area contributed by atoms with Gasteiger partial charge in [0.1, 0.15) is 0 Å². The van der Waals surface area contributed by atoms with Gasteiger partial charge in [-0.3, -0.25) is 25.2 Å². The van der Waals surface area contributed by atoms with Gasteiger partial charge in [0.05, 0.1) is 16.0 Å². The van der Waals surface area contributed by atoms with Gasteiger partial charge in [-0.2, -0.15) is 5.10 Å². The summed E-state index contributed by atoms with van der Waals surface area (Å²) < 4.78 is 0. The van der Waals surface area contributed by atoms with Gasteiger partial charge in [0, 0.05) is 10.4 Å². The number of hydrazine groups is 1. The molecule has 0 aliphatic heterocycles. The number of carbonyl (C=O) groups excluding carboxylic acids is 2. The maximum Gasteiger partial charge on any atom is 0.290 e. The quantitative estimate of drug-likeness (QED) is 0.596. The first-order chi connectivity index (χ1) is 12.0. The van der Waals surface area contributed by atoms with Crippen molar-refractivity contribution in [1.29, 1.82) is 0 Å². The fraction of sp³-hybridized carbons (Fsp3) is 0. The summed E-state index contributed by atoms with van der Waals surface area (Å²) >= 11 is 11.7. The highest BCUT2D eigenvalue weighted by atomic mass is 35.5. The molecule has 0 fully saturated rings. The topological polar surface area (TPSA) is 104 Å². The van der Waals surface area contributed by atoms with Crippen molar-refractivity contribution in [3.63, 3.8) is 0 Å². The molecule has 1 aromatic heterocycles. The van der Waals surface area contributed by atoms with Crippen LogP contribution in [0, 0.1) is 0 Å². The van der Waals surface area contributed by atoms with Crippen molar-refractivity contribution in [1.82, 2.24) is 21.0 Å². The number of H-pyrrole nitrogens is 1. The summed E-state index contributed by atoms with van der Waals surface area (Å²) in [6, 6.07) is 10.8. The van der Waals surface area contributed by atoms with Crippen molar-refractivity contribution >= 4 is 45.8 Å². The van der Waals surface area contributed by atoms with E-state index < -0.39 is 17.4 Å². The molecule has 0 atom stereocenters. The Morgan fingerprint density at radius 2 is 1.64 bits per heavy atom. The Labute approximate surface area is 150 Å². The second kappa shape index (κ2) is 6.92. The highest BCUT2D eigenvalue weighted by Crippen LogP contribution is 2.20. The molecule has 126 valence electrons. The van der Waals surface area contributed by atoms with E-state index in [2.05, 4.69) is 21.0 Å². The maximum absolute atomic E-state index is 12.3. The number of nitrogens with one attached hydrogen (secondary N) is 3. The summed E-state index contributed by atoms with van der Waals surface area (Å²) in [4.78, 5) is 36.1. The highest BCUT2D eigenvalue weighted by molar-refractivity contribution is 6.36. The molecule has 0 saturated heterocycles. The van der Waals surface area contributed by atoms with E-state index in [0.29, 0.717) is 15.8 Å². The molecule has 0 radical (unpaired) electrons. The molecule has 3 aromatic rings. The van der Waals surface area contributed by atoms with Crippen molar-refractivity contribution in [2.45, 2.75) is 0 Å². The molecule has 7 nitrogen and oxygen atoms in total. The molecule has 2 aromatic carbocycles. The van der Waals surface area contributed by atoms with Crippen LogP contribution in [0.1, 0.15) is 20.8 Å². The van der Waals surface area contributed by atoms with E-state index in [-0.39, 0.29) is 16.3 Å². The van der Waals surface area contributed by atoms with Gasteiger partial charge in [-0.25, -0.2) is 5.10 Å². The fourth-order valence-corrected chi connectivity index (χ4v) is 2.70. The molecule has 3 rings (SSSR count). The summed E-state index contributed by atoms with van der Waals surface area (Å²) in [5.41, 5.74) is 4.18. The molecule has 3 N–H and O–H groups in total. The minimum Gasteiger partial charge on any atom is -0.267 e. The number of benzene rings is 2. The van der Waals surface area contributed by atoms with Crippen LogP contribution in [0.4, 0.5) is 0 Å². The van der Waals surface area contributed by atoms with E-state index in [1.54, 1.807) is 24.3 Å². The molecular formula is C16H10Cl2N4O3. The third kappa shape index (κ3) is 3.47. The molecule has 25 heavy (non-hydrogen) atoms. The molecule has 0 unspecified atom stereocenters. The molecule has 0 aliphatic carbocycles. The largest absolute Gasteiger partial charge is 0.290 e. The van der Waals surface area contributed by atoms with Gasteiger partial charge in [-0.15, -0.1) is 0 Å². The van der Waals surface area contributed by atoms with E-state index >= 15 is 0 Å². The van der Waals surface area contributed by atoms with Gasteiger partial charge in [0.15, 0.2) is 5.69 Å². The molecule has 2 amide bonds. The molecular weight excluding hydrogens is 367 g/mol. The summed E-state index contributed by atoms with van der Waals surface area (Å²) in [5.74, 6) is -1.31. The second-order valence-electron chi connectivity index (χ2n) is 4.98. The monoisotopic (exact) mass is 376 g/mol. The van der Waals surface area contributed by atoms with Gasteiger partial charge < -0.3 is 0 Å². The van der Waals surface area contributed by atoms with Crippen molar-refractivity contribution < 1.29 is 9.59 Å². The van der Waals surface area contributed by atoms with Crippen LogP contribution < -0.4 is 16.4 Å². The van der Waals surface area contributed by atoms with Gasteiger partial charge in [-0.1, -0.05) is 41.4 Å². The van der Waals surface area contributed by atoms with Crippen LogP contribution in [-0.4, -0.2) is 22.0 Å². The first-order valence-corrected chi connectivity index (χ1v) is 7.76. The van der Waals surface area contributed by atoms with Crippen LogP contribution in [0.3, 0.4) is 0 Å². The minimum atomic E-state index is -0.689. The standard InChI is InChI=1S/C16H10Cl2N4O3/c17-8-5-6-11(12(18)7-8)15(24)21-22-16(25)13-9-3-1-2-4-10(9)14(23)20-19-13/h1-7H,(H,20,23)(H,21,24)(H,22,25). The van der Waals surface area contributed by atoms with Gasteiger partial charge in [0.2, 0.25) is 0 Å². The zero-order valence-electron chi connectivity index (χ0n) is 12.5. The van der Waals surface area contributed by atoms with E-state index in [0.717, 1.165) is 0 Å². The Morgan fingerprint density at radius 3 is 2.36 bits per heavy atom. The van der Waals surface area contributed by atoms with Crippen LogP contribution in [0.25, 0.3) is 10.8 Å². The van der Waals surface area contributed by atoms with Crippen molar-refractivity contribution in [3.8, 4) is 0 Å². The Hall–Kier alpha value is -2.90. The average molecular weight is 377 g/mol. The number of carbonyl (C=O) groups is 2. The van der Waals surface area contributed by atoms with E-state index in [1.165, 1.54) is 18.2 Å². The van der Waals surface area contributed by atoms with E-state index in [4.69, 9.17) is 23.2 Å². The maximum atomic E-state index is 12.3. The van der Waals surface area contributed by atoms with Crippen LogP contribution in [0.2, 0.25) is 10.0 Å². The number of aromatic nitrogens is 2. The van der Waals surface area contributed by atoms with E-state index in [9.17, 15) is 14.4 Å². The smallest absolute Gasteiger partial charge is 0.267 e. The molecule has 0 saturated carbocycles. The number of nitrogens with zero attached hydrogens (tertiary/aromatic N) is 1. The number of rotatable bonds is 2. The normalized spacial score (nSPS) is 10.5. The van der Waals surface area contributed by atoms with Gasteiger partial charge in [0.25, 0.3) is 17.4 Å². The number of halogens is 2. The zero-order chi connectivity index (χ0) is 18.0. The number of hydrogen-bond donors (Lipinski definition) is 3. The average Bonchev–Trinajstić information content (AvgIpc) is 2.60. The van der Waals surface area contributed by atoms with Crippen molar-refractivity contribution in [3.05, 3.63) is 74.1 Å².